The van der Waals surface area contributed by atoms with Crippen LogP contribution in [0.2, 0.25) is 0 Å². The van der Waals surface area contributed by atoms with Crippen molar-refractivity contribution in [3.63, 3.8) is 0 Å². The lowest BCUT2D eigenvalue weighted by atomic mass is 10.1. The third-order valence-corrected chi connectivity index (χ3v) is 4.24. The Bertz CT molecular complexity index is 595. The Hall–Kier alpha value is -1.58. The second-order valence-corrected chi connectivity index (χ2v) is 6.26. The number of anilines is 1. The maximum Gasteiger partial charge on any atom is 0.245 e. The molecule has 1 aliphatic heterocycles. The molecule has 1 N–H and O–H groups in total. The fourth-order valence-corrected chi connectivity index (χ4v) is 2.82. The molecule has 2 aliphatic rings. The second-order valence-electron chi connectivity index (χ2n) is 5.34. The highest BCUT2D eigenvalue weighted by Gasteiger charge is 2.34. The van der Waals surface area contributed by atoms with Crippen LogP contribution < -0.4 is 10.2 Å². The number of rotatable bonds is 3. The van der Waals surface area contributed by atoms with Crippen molar-refractivity contribution in [2.75, 3.05) is 24.7 Å². The fourth-order valence-electron chi connectivity index (χ4n) is 2.47. The van der Waals surface area contributed by atoms with E-state index in [0.29, 0.717) is 31.4 Å². The number of halogens is 1. The molecule has 110 valence electrons. The van der Waals surface area contributed by atoms with Gasteiger partial charge >= 0.3 is 0 Å². The van der Waals surface area contributed by atoms with Gasteiger partial charge in [0.05, 0.1) is 24.5 Å². The molecule has 0 spiro atoms. The molecule has 1 unspecified atom stereocenters. The van der Waals surface area contributed by atoms with E-state index < -0.39 is 0 Å². The number of amides is 1. The average Bonchev–Trinajstić information content (AvgIpc) is 3.31. The third-order valence-electron chi connectivity index (χ3n) is 3.74. The maximum absolute atomic E-state index is 12.4. The minimum absolute atomic E-state index is 0.0129. The number of carbonyl (C=O) groups excluding carboxylic acids is 1. The summed E-state index contributed by atoms with van der Waals surface area (Å²) >= 11 is 3.43. The summed E-state index contributed by atoms with van der Waals surface area (Å²) < 4.78 is 6.36. The molecule has 1 saturated heterocycles. The number of ether oxygens (including phenoxy) is 1. The van der Waals surface area contributed by atoms with Crippen LogP contribution in [0.5, 0.6) is 0 Å². The highest BCUT2D eigenvalue weighted by molar-refractivity contribution is 9.10. The van der Waals surface area contributed by atoms with Crippen LogP contribution in [0.15, 0.2) is 22.7 Å². The van der Waals surface area contributed by atoms with E-state index in [0.717, 1.165) is 23.0 Å². The molecule has 1 aromatic carbocycles. The Kier molecular flexibility index (Phi) is 4.13. The third kappa shape index (κ3) is 3.20. The van der Waals surface area contributed by atoms with Crippen molar-refractivity contribution in [2.24, 2.45) is 0 Å². The topological polar surface area (TPSA) is 65.4 Å². The summed E-state index contributed by atoms with van der Waals surface area (Å²) in [5.74, 6) is -0.0129. The highest BCUT2D eigenvalue weighted by atomic mass is 79.9. The van der Waals surface area contributed by atoms with Crippen LogP contribution in [0.25, 0.3) is 0 Å². The predicted molar refractivity (Wildman–Crippen MR) is 82.0 cm³/mol. The molecular weight excluding hydrogens is 334 g/mol. The molecule has 3 rings (SSSR count). The number of carbonyl (C=O) groups is 1. The zero-order chi connectivity index (χ0) is 14.8. The molecule has 21 heavy (non-hydrogen) atoms. The van der Waals surface area contributed by atoms with Crippen LogP contribution in [0, 0.1) is 11.3 Å². The number of nitrogens with zero attached hydrogens (tertiary/aromatic N) is 2. The minimum atomic E-state index is -0.374. The number of hydrogen-bond acceptors (Lipinski definition) is 4. The molecule has 1 aromatic rings. The van der Waals surface area contributed by atoms with Gasteiger partial charge in [-0.05, 0) is 31.0 Å². The Morgan fingerprint density at radius 1 is 1.48 bits per heavy atom. The van der Waals surface area contributed by atoms with Crippen LogP contribution in [0.4, 0.5) is 5.69 Å². The minimum Gasteiger partial charge on any atom is -0.377 e. The summed E-state index contributed by atoms with van der Waals surface area (Å²) in [5, 5.41) is 12.3. The van der Waals surface area contributed by atoms with E-state index in [1.165, 1.54) is 0 Å². The second kappa shape index (κ2) is 6.04. The lowest BCUT2D eigenvalue weighted by Crippen LogP contribution is -2.54. The molecule has 1 heterocycles. The first-order chi connectivity index (χ1) is 10.2. The van der Waals surface area contributed by atoms with Gasteiger partial charge in [0.1, 0.15) is 12.1 Å². The lowest BCUT2D eigenvalue weighted by Gasteiger charge is -2.36. The van der Waals surface area contributed by atoms with Crippen molar-refractivity contribution in [1.82, 2.24) is 5.32 Å². The molecule has 2 fully saturated rings. The summed E-state index contributed by atoms with van der Waals surface area (Å²) in [6.07, 6.45) is 2.11. The van der Waals surface area contributed by atoms with E-state index in [2.05, 4.69) is 27.3 Å². The molecular formula is C15H16BrN3O2. The van der Waals surface area contributed by atoms with Gasteiger partial charge in [-0.25, -0.2) is 0 Å². The van der Waals surface area contributed by atoms with Gasteiger partial charge in [0.2, 0.25) is 5.91 Å². The SMILES string of the molecule is N#Cc1ccc(Br)cc1N1CCOCC1C(=O)NC1CC1. The first-order valence-corrected chi connectivity index (χ1v) is 7.83. The van der Waals surface area contributed by atoms with Gasteiger partial charge in [0.25, 0.3) is 0 Å². The van der Waals surface area contributed by atoms with E-state index in [4.69, 9.17) is 4.74 Å². The molecule has 0 aromatic heterocycles. The monoisotopic (exact) mass is 349 g/mol. The first kappa shape index (κ1) is 14.4. The van der Waals surface area contributed by atoms with Crippen LogP contribution in [0.1, 0.15) is 18.4 Å². The Labute approximate surface area is 132 Å². The van der Waals surface area contributed by atoms with E-state index in [1.54, 1.807) is 6.07 Å². The summed E-state index contributed by atoms with van der Waals surface area (Å²) in [6, 6.07) is 7.64. The van der Waals surface area contributed by atoms with Crippen molar-refractivity contribution < 1.29 is 9.53 Å². The number of nitriles is 1. The number of hydrogen-bond donors (Lipinski definition) is 1. The largest absolute Gasteiger partial charge is 0.377 e. The van der Waals surface area contributed by atoms with E-state index in [9.17, 15) is 10.1 Å². The molecule has 5 nitrogen and oxygen atoms in total. The molecule has 1 aliphatic carbocycles. The maximum atomic E-state index is 12.4. The standard InChI is InChI=1S/C15H16BrN3O2/c16-11-2-1-10(8-17)13(7-11)19-5-6-21-9-14(19)15(20)18-12-3-4-12/h1-2,7,12,14H,3-6,9H2,(H,18,20). The molecule has 1 saturated carbocycles. The van der Waals surface area contributed by atoms with Crippen LogP contribution in [0.3, 0.4) is 0 Å². The van der Waals surface area contributed by atoms with Gasteiger partial charge in [-0.1, -0.05) is 15.9 Å². The van der Waals surface area contributed by atoms with E-state index >= 15 is 0 Å². The highest BCUT2D eigenvalue weighted by Crippen LogP contribution is 2.28. The molecule has 6 heteroatoms. The van der Waals surface area contributed by atoms with Gasteiger partial charge < -0.3 is 15.0 Å². The quantitative estimate of drug-likeness (QED) is 0.903. The number of morpholine rings is 1. The van der Waals surface area contributed by atoms with Crippen molar-refractivity contribution >= 4 is 27.5 Å². The van der Waals surface area contributed by atoms with Gasteiger partial charge in [0.15, 0.2) is 0 Å². The molecule has 1 atom stereocenters. The smallest absolute Gasteiger partial charge is 0.245 e. The number of nitrogens with one attached hydrogen (secondary N) is 1. The lowest BCUT2D eigenvalue weighted by molar-refractivity contribution is -0.124. The Morgan fingerprint density at radius 2 is 2.29 bits per heavy atom. The van der Waals surface area contributed by atoms with Crippen molar-refractivity contribution in [2.45, 2.75) is 24.9 Å². The summed E-state index contributed by atoms with van der Waals surface area (Å²) in [4.78, 5) is 14.4. The van der Waals surface area contributed by atoms with Gasteiger partial charge in [-0.15, -0.1) is 0 Å². The van der Waals surface area contributed by atoms with E-state index in [1.807, 2.05) is 17.0 Å². The Balaban J connectivity index is 1.88. The fraction of sp³-hybridized carbons (Fsp3) is 0.467. The zero-order valence-corrected chi connectivity index (χ0v) is 13.1. The first-order valence-electron chi connectivity index (χ1n) is 7.03. The Morgan fingerprint density at radius 3 is 3.00 bits per heavy atom. The van der Waals surface area contributed by atoms with Crippen LogP contribution in [-0.2, 0) is 9.53 Å². The summed E-state index contributed by atoms with van der Waals surface area (Å²) in [5.41, 5.74) is 1.36. The van der Waals surface area contributed by atoms with Gasteiger partial charge in [-0.2, -0.15) is 5.26 Å². The number of benzene rings is 1. The summed E-state index contributed by atoms with van der Waals surface area (Å²) in [6.45, 7) is 1.52. The zero-order valence-electron chi connectivity index (χ0n) is 11.5. The normalized spacial score (nSPS) is 21.7. The van der Waals surface area contributed by atoms with E-state index in [-0.39, 0.29) is 11.9 Å². The average molecular weight is 350 g/mol. The predicted octanol–water partition coefficient (Wildman–Crippen LogP) is 1.80. The molecule has 0 radical (unpaired) electrons. The van der Waals surface area contributed by atoms with Crippen LogP contribution >= 0.6 is 15.9 Å². The van der Waals surface area contributed by atoms with Crippen molar-refractivity contribution in [3.05, 3.63) is 28.2 Å². The van der Waals surface area contributed by atoms with Gasteiger partial charge in [-0.3, -0.25) is 4.79 Å². The molecule has 1 amide bonds. The van der Waals surface area contributed by atoms with Crippen LogP contribution in [-0.4, -0.2) is 37.7 Å². The van der Waals surface area contributed by atoms with Crippen molar-refractivity contribution in [3.8, 4) is 6.07 Å². The van der Waals surface area contributed by atoms with Crippen molar-refractivity contribution in [1.29, 1.82) is 5.26 Å². The van der Waals surface area contributed by atoms with Gasteiger partial charge in [0, 0.05) is 17.1 Å². The summed E-state index contributed by atoms with van der Waals surface area (Å²) in [7, 11) is 0. The molecule has 0 bridgehead atoms.